The molecular weight excluding hydrogens is 99.0 g/mol. The molecule has 1 aliphatic rings. The van der Waals surface area contributed by atoms with Crippen LogP contribution in [0.3, 0.4) is 0 Å². The van der Waals surface area contributed by atoms with Gasteiger partial charge in [-0.05, 0) is 4.57 Å². The van der Waals surface area contributed by atoms with Gasteiger partial charge in [0.1, 0.15) is 6.61 Å². The Morgan fingerprint density at radius 1 is 1.67 bits per heavy atom. The minimum absolute atomic E-state index is 0. The van der Waals surface area contributed by atoms with Crippen molar-refractivity contribution >= 4 is 8.03 Å². The van der Waals surface area contributed by atoms with E-state index >= 15 is 0 Å². The first-order chi connectivity index (χ1) is 2.39. The van der Waals surface area contributed by atoms with Gasteiger partial charge in [0.15, 0.2) is 0 Å². The minimum atomic E-state index is -1.17. The molecule has 1 saturated heterocycles. The Morgan fingerprint density at radius 2 is 2.00 bits per heavy atom. The predicted octanol–water partition coefficient (Wildman–Crippen LogP) is 1.40. The maximum absolute atomic E-state index is 9.83. The van der Waals surface area contributed by atoms with E-state index in [0.717, 1.165) is 6.16 Å². The largest absolute Gasteiger partial charge is 0.510 e. The zero-order chi connectivity index (χ0) is 3.70. The van der Waals surface area contributed by atoms with Crippen molar-refractivity contribution in [3.8, 4) is 0 Å². The van der Waals surface area contributed by atoms with Crippen LogP contribution in [0.25, 0.3) is 0 Å². The fourth-order valence-corrected chi connectivity index (χ4v) is 0.497. The van der Waals surface area contributed by atoms with E-state index in [0.29, 0.717) is 6.61 Å². The van der Waals surface area contributed by atoms with E-state index < -0.39 is 8.03 Å². The third-order valence-electron chi connectivity index (χ3n) is 0.509. The highest BCUT2D eigenvalue weighted by atomic mass is 31.1. The fraction of sp³-hybridized carbons (Fsp3) is 1.00. The maximum Gasteiger partial charge on any atom is 0.510 e. The first-order valence-electron chi connectivity index (χ1n) is 1.47. The van der Waals surface area contributed by atoms with Crippen molar-refractivity contribution in [2.75, 3.05) is 12.8 Å². The summed E-state index contributed by atoms with van der Waals surface area (Å²) in [6.45, 7) is 0.704. The van der Waals surface area contributed by atoms with Gasteiger partial charge in [0, 0.05) is 0 Å². The zero-order valence-corrected chi connectivity index (χ0v) is 3.57. The van der Waals surface area contributed by atoms with Crippen LogP contribution >= 0.6 is 8.03 Å². The van der Waals surface area contributed by atoms with Gasteiger partial charge in [0.2, 0.25) is 6.16 Å². The lowest BCUT2D eigenvalue weighted by atomic mass is 10.9. The summed E-state index contributed by atoms with van der Waals surface area (Å²) in [5.74, 6) is 0. The number of rotatable bonds is 0. The second-order valence-electron chi connectivity index (χ2n) is 0.890. The Morgan fingerprint density at radius 3 is 2.00 bits per heavy atom. The summed E-state index contributed by atoms with van der Waals surface area (Å²) in [6, 6.07) is 0. The highest BCUT2D eigenvalue weighted by Crippen LogP contribution is 2.30. The molecule has 0 spiro atoms. The summed E-state index contributed by atoms with van der Waals surface area (Å²) in [6.07, 6.45) is 0.773. The van der Waals surface area contributed by atoms with Crippen LogP contribution < -0.4 is 0 Å². The predicted molar refractivity (Wildman–Crippen MR) is 25.2 cm³/mol. The fourth-order valence-electron chi connectivity index (χ4n) is 0.166. The molecule has 1 heterocycles. The summed E-state index contributed by atoms with van der Waals surface area (Å²) >= 11 is 0. The molecule has 0 aromatic heterocycles. The molecule has 2 nitrogen and oxygen atoms in total. The first kappa shape index (κ1) is 6.06. The van der Waals surface area contributed by atoms with E-state index in [-0.39, 0.29) is 7.43 Å². The number of hydrogen-bond donors (Lipinski definition) is 0. The average molecular weight is 107 g/mol. The Balaban J connectivity index is 0.000000250. The monoisotopic (exact) mass is 107 g/mol. The molecule has 1 rings (SSSR count). The van der Waals surface area contributed by atoms with Crippen molar-refractivity contribution in [1.82, 2.24) is 0 Å². The molecule has 1 atom stereocenters. The lowest BCUT2D eigenvalue weighted by Crippen LogP contribution is -2.01. The molecule has 0 radical (unpaired) electrons. The van der Waals surface area contributed by atoms with Gasteiger partial charge in [-0.3, -0.25) is 0 Å². The lowest BCUT2D eigenvalue weighted by molar-refractivity contribution is 0.300. The normalized spacial score (nSPS) is 24.3. The van der Waals surface area contributed by atoms with Crippen LogP contribution in [-0.4, -0.2) is 12.8 Å². The van der Waals surface area contributed by atoms with Crippen molar-refractivity contribution in [3.63, 3.8) is 0 Å². The van der Waals surface area contributed by atoms with Gasteiger partial charge in [-0.25, -0.2) is 0 Å². The van der Waals surface area contributed by atoms with Crippen LogP contribution in [0.15, 0.2) is 0 Å². The van der Waals surface area contributed by atoms with Gasteiger partial charge in [0.05, 0.1) is 0 Å². The third-order valence-corrected chi connectivity index (χ3v) is 1.53. The molecule has 0 bridgehead atoms. The third kappa shape index (κ3) is 1.04. The molecule has 3 heteroatoms. The second-order valence-corrected chi connectivity index (χ2v) is 2.26. The summed E-state index contributed by atoms with van der Waals surface area (Å²) in [5, 5.41) is 0. The van der Waals surface area contributed by atoms with E-state index in [4.69, 9.17) is 0 Å². The molecule has 0 amide bonds. The number of hydrogen-bond acceptors (Lipinski definition) is 2. The molecule has 1 unspecified atom stereocenters. The summed E-state index contributed by atoms with van der Waals surface area (Å²) in [7, 11) is -1.17. The molecule has 1 aliphatic heterocycles. The quantitative estimate of drug-likeness (QED) is 0.437. The van der Waals surface area contributed by atoms with Crippen LogP contribution in [0.5, 0.6) is 0 Å². The van der Waals surface area contributed by atoms with Gasteiger partial charge in [-0.1, -0.05) is 7.43 Å². The van der Waals surface area contributed by atoms with Crippen molar-refractivity contribution in [2.24, 2.45) is 0 Å². The van der Waals surface area contributed by atoms with E-state index in [2.05, 4.69) is 4.52 Å². The second kappa shape index (κ2) is 2.27. The van der Waals surface area contributed by atoms with E-state index in [1.165, 1.54) is 0 Å². The zero-order valence-electron chi connectivity index (χ0n) is 2.68. The van der Waals surface area contributed by atoms with E-state index in [1.807, 2.05) is 0 Å². The highest BCUT2D eigenvalue weighted by Gasteiger charge is 2.28. The Kier molecular flexibility index (Phi) is 2.29. The van der Waals surface area contributed by atoms with Gasteiger partial charge in [-0.2, -0.15) is 0 Å². The molecule has 0 saturated carbocycles. The van der Waals surface area contributed by atoms with E-state index in [9.17, 15) is 4.57 Å². The molecule has 1 fully saturated rings. The SMILES string of the molecule is C.O=[P+]1CCO1. The van der Waals surface area contributed by atoms with Gasteiger partial charge < -0.3 is 0 Å². The molecule has 0 aliphatic carbocycles. The van der Waals surface area contributed by atoms with E-state index in [1.54, 1.807) is 0 Å². The minimum Gasteiger partial charge on any atom is -0.142 e. The maximum atomic E-state index is 9.83. The standard InChI is InChI=1S/C2H4O2P.CH4/c3-5-2-1-4-5;/h1-2H2;1H4/q+1;. The van der Waals surface area contributed by atoms with Gasteiger partial charge in [-0.15, -0.1) is 4.52 Å². The van der Waals surface area contributed by atoms with Crippen LogP contribution in [-0.2, 0) is 9.09 Å². The Labute approximate surface area is 38.4 Å². The average Bonchev–Trinajstić information content (AvgIpc) is 1.30. The topological polar surface area (TPSA) is 26.3 Å². The van der Waals surface area contributed by atoms with Crippen molar-refractivity contribution in [2.45, 2.75) is 7.43 Å². The van der Waals surface area contributed by atoms with Crippen LogP contribution in [0.4, 0.5) is 0 Å². The van der Waals surface area contributed by atoms with Crippen LogP contribution in [0, 0.1) is 0 Å². The van der Waals surface area contributed by atoms with Gasteiger partial charge >= 0.3 is 8.03 Å². The van der Waals surface area contributed by atoms with Gasteiger partial charge in [0.25, 0.3) is 0 Å². The van der Waals surface area contributed by atoms with Crippen LogP contribution in [0.2, 0.25) is 0 Å². The molecule has 36 valence electrons. The summed E-state index contributed by atoms with van der Waals surface area (Å²) in [4.78, 5) is 0. The van der Waals surface area contributed by atoms with Crippen LogP contribution in [0.1, 0.15) is 7.43 Å². The lowest BCUT2D eigenvalue weighted by Gasteiger charge is -1.90. The molecule has 6 heavy (non-hydrogen) atoms. The molecule has 0 aromatic rings. The van der Waals surface area contributed by atoms with Crippen molar-refractivity contribution < 1.29 is 9.09 Å². The first-order valence-corrected chi connectivity index (χ1v) is 2.83. The Bertz CT molecular complexity index is 55.8. The Hall–Kier alpha value is 0.0600. The van der Waals surface area contributed by atoms with Crippen molar-refractivity contribution in [3.05, 3.63) is 0 Å². The van der Waals surface area contributed by atoms with Crippen molar-refractivity contribution in [1.29, 1.82) is 0 Å². The molecule has 0 N–H and O–H groups in total. The summed E-state index contributed by atoms with van der Waals surface area (Å²) < 4.78 is 14.3. The highest BCUT2D eigenvalue weighted by molar-refractivity contribution is 7.40. The molecule has 0 aromatic carbocycles. The smallest absolute Gasteiger partial charge is 0.142 e. The summed E-state index contributed by atoms with van der Waals surface area (Å²) in [5.41, 5.74) is 0. The molecular formula is C3H8O2P+.